The second-order valence-corrected chi connectivity index (χ2v) is 8.43. The van der Waals surface area contributed by atoms with E-state index in [0.29, 0.717) is 11.7 Å². The number of nitrogens with zero attached hydrogens (tertiary/aromatic N) is 1. The highest BCUT2D eigenvalue weighted by Gasteiger charge is 2.30. The van der Waals surface area contributed by atoms with Crippen LogP contribution < -0.4 is 23.0 Å². The Morgan fingerprint density at radius 1 is 1.03 bits per heavy atom. The highest BCUT2D eigenvalue weighted by Crippen LogP contribution is 2.25. The number of fused-ring (bicyclic) bond motifs is 1. The molecule has 2 aliphatic heterocycles. The molecule has 1 atom stereocenters. The van der Waals surface area contributed by atoms with Gasteiger partial charge in [0.15, 0.2) is 0 Å². The van der Waals surface area contributed by atoms with Gasteiger partial charge < -0.3 is 28.0 Å². The van der Waals surface area contributed by atoms with Crippen molar-refractivity contribution in [1.82, 2.24) is 20.5 Å². The van der Waals surface area contributed by atoms with E-state index in [-0.39, 0.29) is 31.6 Å². The lowest BCUT2D eigenvalue weighted by Gasteiger charge is -2.31. The molecular formula is C24H28ClFN4O. The Morgan fingerprint density at radius 3 is 2.55 bits per heavy atom. The van der Waals surface area contributed by atoms with Gasteiger partial charge in [-0.05, 0) is 67.7 Å². The number of hydrogen-bond acceptors (Lipinski definition) is 3. The van der Waals surface area contributed by atoms with Gasteiger partial charge in [0.1, 0.15) is 11.5 Å². The lowest BCUT2D eigenvalue weighted by atomic mass is 10.0. The molecule has 1 aromatic heterocycles. The molecule has 0 aliphatic carbocycles. The van der Waals surface area contributed by atoms with Crippen molar-refractivity contribution < 1.29 is 23.0 Å². The van der Waals surface area contributed by atoms with Crippen LogP contribution in [0.25, 0.3) is 22.0 Å². The van der Waals surface area contributed by atoms with Crippen molar-refractivity contribution in [1.29, 1.82) is 0 Å². The van der Waals surface area contributed by atoms with Crippen molar-refractivity contribution in [3.05, 3.63) is 60.0 Å². The third kappa shape index (κ3) is 4.76. The zero-order valence-electron chi connectivity index (χ0n) is 18.3. The largest absolute Gasteiger partial charge is 1.00 e. The number of rotatable bonds is 4. The summed E-state index contributed by atoms with van der Waals surface area (Å²) in [7, 11) is 0. The number of aromatic amines is 1. The molecule has 3 N–H and O–H groups in total. The molecular weight excluding hydrogens is 415 g/mol. The van der Waals surface area contributed by atoms with Gasteiger partial charge in [-0.2, -0.15) is 0 Å². The van der Waals surface area contributed by atoms with E-state index in [2.05, 4.69) is 20.5 Å². The van der Waals surface area contributed by atoms with Crippen LogP contribution in [0.3, 0.4) is 0 Å². The highest BCUT2D eigenvalue weighted by atomic mass is 35.5. The minimum atomic E-state index is -0.246. The SMILES string of the molecule is O=C(N[C@H]1CCN(C2CCNCC2)C1)c1cc2ccc(-c3ccc(F)cc3)cc2[nH]1.[Cl-].[H+]. The molecule has 2 saturated heterocycles. The van der Waals surface area contributed by atoms with E-state index < -0.39 is 0 Å². The third-order valence-corrected chi connectivity index (χ3v) is 6.42. The fourth-order valence-electron chi connectivity index (χ4n) is 4.74. The molecule has 0 saturated carbocycles. The van der Waals surface area contributed by atoms with Crippen LogP contribution in [0.4, 0.5) is 4.39 Å². The molecule has 3 heterocycles. The zero-order chi connectivity index (χ0) is 20.5. The molecule has 0 radical (unpaired) electrons. The van der Waals surface area contributed by atoms with Crippen molar-refractivity contribution in [2.24, 2.45) is 0 Å². The van der Waals surface area contributed by atoms with Crippen molar-refractivity contribution in [2.45, 2.75) is 31.3 Å². The first-order chi connectivity index (χ1) is 14.7. The summed E-state index contributed by atoms with van der Waals surface area (Å²) < 4.78 is 13.2. The summed E-state index contributed by atoms with van der Waals surface area (Å²) in [4.78, 5) is 18.6. The number of amides is 1. The molecule has 2 aromatic carbocycles. The van der Waals surface area contributed by atoms with Crippen LogP contribution in [0.5, 0.6) is 0 Å². The summed E-state index contributed by atoms with van der Waals surface area (Å²) >= 11 is 0. The van der Waals surface area contributed by atoms with E-state index in [1.54, 1.807) is 12.1 Å². The maximum atomic E-state index is 13.2. The van der Waals surface area contributed by atoms with E-state index in [1.165, 1.54) is 25.0 Å². The first-order valence-corrected chi connectivity index (χ1v) is 10.8. The second-order valence-electron chi connectivity index (χ2n) is 8.43. The maximum absolute atomic E-state index is 13.2. The van der Waals surface area contributed by atoms with Crippen LogP contribution in [0.15, 0.2) is 48.5 Å². The van der Waals surface area contributed by atoms with Gasteiger partial charge in [0.05, 0.1) is 0 Å². The Labute approximate surface area is 189 Å². The number of H-pyrrole nitrogens is 1. The number of benzene rings is 2. The van der Waals surface area contributed by atoms with Crippen LogP contribution >= 0.6 is 0 Å². The standard InChI is InChI=1S/C24H27FN4O.ClH/c25-19-5-3-16(4-6-19)17-1-2-18-14-23(28-22(18)13-17)24(30)27-20-9-12-29(15-20)21-7-10-26-11-8-21;/h1-6,13-14,20-21,26,28H,7-12,15H2,(H,27,30);1H/t20-;/m0./s1. The molecule has 0 unspecified atom stereocenters. The molecule has 3 aromatic rings. The number of halogens is 2. The minimum absolute atomic E-state index is 0. The fourth-order valence-corrected chi connectivity index (χ4v) is 4.74. The predicted octanol–water partition coefficient (Wildman–Crippen LogP) is 0.647. The summed E-state index contributed by atoms with van der Waals surface area (Å²) in [6.45, 7) is 4.18. The number of piperidine rings is 1. The molecule has 0 spiro atoms. The van der Waals surface area contributed by atoms with Crippen LogP contribution in [0, 0.1) is 5.82 Å². The summed E-state index contributed by atoms with van der Waals surface area (Å²) in [6, 6.07) is 15.2. The number of carbonyl (C=O) groups excluding carboxylic acids is 1. The Kier molecular flexibility index (Phi) is 6.60. The van der Waals surface area contributed by atoms with Crippen LogP contribution in [0.2, 0.25) is 0 Å². The quantitative estimate of drug-likeness (QED) is 0.556. The van der Waals surface area contributed by atoms with E-state index in [1.807, 2.05) is 24.3 Å². The van der Waals surface area contributed by atoms with Gasteiger partial charge in [-0.3, -0.25) is 9.69 Å². The van der Waals surface area contributed by atoms with Crippen molar-refractivity contribution in [2.75, 3.05) is 26.2 Å². The van der Waals surface area contributed by atoms with Gasteiger partial charge in [0.25, 0.3) is 5.91 Å². The number of nitrogens with one attached hydrogen (secondary N) is 3. The topological polar surface area (TPSA) is 60.2 Å². The normalized spacial score (nSPS) is 20.0. The number of aromatic nitrogens is 1. The van der Waals surface area contributed by atoms with E-state index in [0.717, 1.165) is 54.6 Å². The van der Waals surface area contributed by atoms with Crippen LogP contribution in [0.1, 0.15) is 31.2 Å². The van der Waals surface area contributed by atoms with Gasteiger partial charge in [-0.1, -0.05) is 24.3 Å². The molecule has 5 nitrogen and oxygen atoms in total. The van der Waals surface area contributed by atoms with Gasteiger partial charge in [0.2, 0.25) is 0 Å². The van der Waals surface area contributed by atoms with Gasteiger partial charge >= 0.3 is 1.43 Å². The molecule has 164 valence electrons. The number of hydrogen-bond donors (Lipinski definition) is 3. The monoisotopic (exact) mass is 442 g/mol. The number of likely N-dealkylation sites (tertiary alicyclic amines) is 1. The van der Waals surface area contributed by atoms with E-state index in [9.17, 15) is 9.18 Å². The summed E-state index contributed by atoms with van der Waals surface area (Å²) in [5, 5.41) is 7.62. The summed E-state index contributed by atoms with van der Waals surface area (Å²) in [5.74, 6) is -0.295. The first-order valence-electron chi connectivity index (χ1n) is 10.8. The summed E-state index contributed by atoms with van der Waals surface area (Å²) in [6.07, 6.45) is 3.39. The Bertz CT molecular complexity index is 1050. The van der Waals surface area contributed by atoms with Gasteiger partial charge in [-0.25, -0.2) is 4.39 Å². The number of carbonyl (C=O) groups is 1. The molecule has 2 aliphatic rings. The molecule has 0 bridgehead atoms. The minimum Gasteiger partial charge on any atom is -1.00 e. The summed E-state index contributed by atoms with van der Waals surface area (Å²) in [5.41, 5.74) is 3.43. The molecule has 7 heteroatoms. The smallest absolute Gasteiger partial charge is 1.00 e. The third-order valence-electron chi connectivity index (χ3n) is 6.42. The Balaban J connectivity index is 0.00000144. The van der Waals surface area contributed by atoms with Crippen molar-refractivity contribution in [3.8, 4) is 11.1 Å². The zero-order valence-corrected chi connectivity index (χ0v) is 18.1. The van der Waals surface area contributed by atoms with Crippen molar-refractivity contribution in [3.63, 3.8) is 0 Å². The maximum Gasteiger partial charge on any atom is 1.00 e. The van der Waals surface area contributed by atoms with Gasteiger partial charge in [-0.15, -0.1) is 0 Å². The molecule has 31 heavy (non-hydrogen) atoms. The Hall–Kier alpha value is -2.41. The van der Waals surface area contributed by atoms with E-state index >= 15 is 0 Å². The highest BCUT2D eigenvalue weighted by molar-refractivity contribution is 5.99. The fraction of sp³-hybridized carbons (Fsp3) is 0.375. The molecule has 1 amide bonds. The lowest BCUT2D eigenvalue weighted by Crippen LogP contribution is -3.00. The predicted molar refractivity (Wildman–Crippen MR) is 118 cm³/mol. The van der Waals surface area contributed by atoms with Crippen LogP contribution in [-0.4, -0.2) is 54.1 Å². The second kappa shape index (κ2) is 9.39. The molecule has 2 fully saturated rings. The molecule has 5 rings (SSSR count). The first kappa shape index (κ1) is 21.8. The van der Waals surface area contributed by atoms with Crippen LogP contribution in [-0.2, 0) is 0 Å². The van der Waals surface area contributed by atoms with Gasteiger partial charge in [0, 0.05) is 36.1 Å². The van der Waals surface area contributed by atoms with Crippen molar-refractivity contribution >= 4 is 16.8 Å². The van der Waals surface area contributed by atoms with E-state index in [4.69, 9.17) is 0 Å². The average Bonchev–Trinajstić information content (AvgIpc) is 3.41. The average molecular weight is 443 g/mol. The Morgan fingerprint density at radius 2 is 1.77 bits per heavy atom. The lowest BCUT2D eigenvalue weighted by molar-refractivity contribution is -0.0000153.